The molecule has 5 rings (SSSR count). The van der Waals surface area contributed by atoms with Crippen molar-refractivity contribution in [3.63, 3.8) is 0 Å². The number of benzene rings is 2. The molecule has 0 aliphatic carbocycles. The van der Waals surface area contributed by atoms with E-state index in [0.29, 0.717) is 33.9 Å². The zero-order valence-corrected chi connectivity index (χ0v) is 22.2. The van der Waals surface area contributed by atoms with Gasteiger partial charge in [0.05, 0.1) is 40.2 Å². The monoisotopic (exact) mass is 576 g/mol. The largest absolute Gasteiger partial charge is 0.401 e. The Bertz CT molecular complexity index is 1640. The molecule has 2 aromatic heterocycles. The standard InChI is InChI=1S/C25H23F3N6O3S2/c1-15-23(22(38-32-15)10-18-11-29-20-7-2-3-8-21(20)30-18)24(35)31-16-5-4-6-17(9-16)33-39(36,37)19-12-34(13-19)14-25(26,27)28/h2-9,11,19,33H,10,12-14H2,1H3,(H,31,35). The highest BCUT2D eigenvalue weighted by molar-refractivity contribution is 7.93. The second kappa shape index (κ2) is 10.5. The van der Waals surface area contributed by atoms with Crippen LogP contribution in [0.2, 0.25) is 0 Å². The summed E-state index contributed by atoms with van der Waals surface area (Å²) in [5.41, 5.74) is 3.69. The Morgan fingerprint density at radius 3 is 2.56 bits per heavy atom. The maximum absolute atomic E-state index is 13.2. The van der Waals surface area contributed by atoms with Gasteiger partial charge in [-0.1, -0.05) is 18.2 Å². The fourth-order valence-electron chi connectivity index (χ4n) is 4.28. The molecular weight excluding hydrogens is 553 g/mol. The van der Waals surface area contributed by atoms with Gasteiger partial charge in [0.15, 0.2) is 0 Å². The number of nitrogens with one attached hydrogen (secondary N) is 2. The van der Waals surface area contributed by atoms with E-state index >= 15 is 0 Å². The van der Waals surface area contributed by atoms with Crippen molar-refractivity contribution in [3.8, 4) is 0 Å². The molecule has 39 heavy (non-hydrogen) atoms. The first kappa shape index (κ1) is 27.0. The number of sulfonamides is 1. The highest BCUT2D eigenvalue weighted by Gasteiger charge is 2.42. The fourth-order valence-corrected chi connectivity index (χ4v) is 6.60. The summed E-state index contributed by atoms with van der Waals surface area (Å²) in [4.78, 5) is 24.0. The van der Waals surface area contributed by atoms with Crippen molar-refractivity contribution in [2.45, 2.75) is 24.8 Å². The molecule has 1 saturated heterocycles. The maximum atomic E-state index is 13.2. The Kier molecular flexibility index (Phi) is 7.27. The topological polar surface area (TPSA) is 117 Å². The van der Waals surface area contributed by atoms with Gasteiger partial charge in [-0.15, -0.1) is 0 Å². The predicted molar refractivity (Wildman–Crippen MR) is 142 cm³/mol. The van der Waals surface area contributed by atoms with Gasteiger partial charge in [-0.3, -0.25) is 19.4 Å². The molecule has 14 heteroatoms. The molecule has 4 aromatic rings. The molecule has 204 valence electrons. The number of carbonyl (C=O) groups is 1. The van der Waals surface area contributed by atoms with Gasteiger partial charge < -0.3 is 5.32 Å². The van der Waals surface area contributed by atoms with Crippen LogP contribution in [0.25, 0.3) is 11.0 Å². The summed E-state index contributed by atoms with van der Waals surface area (Å²) in [6.07, 6.45) is -2.36. The van der Waals surface area contributed by atoms with Gasteiger partial charge in [0.1, 0.15) is 5.25 Å². The minimum Gasteiger partial charge on any atom is -0.322 e. The summed E-state index contributed by atoms with van der Waals surface area (Å²) in [6, 6.07) is 13.6. The predicted octanol–water partition coefficient (Wildman–Crippen LogP) is 4.23. The summed E-state index contributed by atoms with van der Waals surface area (Å²) >= 11 is 1.20. The van der Waals surface area contributed by atoms with E-state index in [1.54, 1.807) is 25.3 Å². The number of rotatable bonds is 8. The Morgan fingerprint density at radius 2 is 1.82 bits per heavy atom. The quantitative estimate of drug-likeness (QED) is 0.323. The summed E-state index contributed by atoms with van der Waals surface area (Å²) < 4.78 is 69.6. The van der Waals surface area contributed by atoms with Crippen molar-refractivity contribution in [1.82, 2.24) is 19.2 Å². The second-order valence-electron chi connectivity index (χ2n) is 9.21. The van der Waals surface area contributed by atoms with E-state index in [4.69, 9.17) is 0 Å². The van der Waals surface area contributed by atoms with Crippen LogP contribution in [0.5, 0.6) is 0 Å². The van der Waals surface area contributed by atoms with Gasteiger partial charge in [0.25, 0.3) is 5.91 Å². The normalized spacial score (nSPS) is 14.8. The summed E-state index contributed by atoms with van der Waals surface area (Å²) in [5, 5.41) is 1.82. The van der Waals surface area contributed by atoms with E-state index in [2.05, 4.69) is 24.4 Å². The molecule has 1 amide bonds. The van der Waals surface area contributed by atoms with Crippen LogP contribution in [0.15, 0.2) is 54.7 Å². The van der Waals surface area contributed by atoms with E-state index in [1.807, 2.05) is 24.3 Å². The Hall–Kier alpha value is -3.62. The molecular formula is C25H23F3N6O3S2. The molecule has 0 spiro atoms. The number of halogens is 3. The third-order valence-electron chi connectivity index (χ3n) is 6.15. The van der Waals surface area contributed by atoms with Crippen LogP contribution in [0.1, 0.15) is 26.6 Å². The van der Waals surface area contributed by atoms with Crippen LogP contribution in [0.4, 0.5) is 24.5 Å². The minimum atomic E-state index is -4.38. The second-order valence-corrected chi connectivity index (χ2v) is 12.0. The average Bonchev–Trinajstić information content (AvgIpc) is 3.20. The molecule has 0 bridgehead atoms. The van der Waals surface area contributed by atoms with Crippen molar-refractivity contribution < 1.29 is 26.4 Å². The zero-order chi connectivity index (χ0) is 27.8. The van der Waals surface area contributed by atoms with E-state index in [-0.39, 0.29) is 18.8 Å². The Labute approximate surface area is 226 Å². The molecule has 0 saturated carbocycles. The van der Waals surface area contributed by atoms with Crippen LogP contribution in [0.3, 0.4) is 0 Å². The number of alkyl halides is 3. The summed E-state index contributed by atoms with van der Waals surface area (Å²) in [6.45, 7) is 0.166. The molecule has 0 atom stereocenters. The lowest BCUT2D eigenvalue weighted by atomic mass is 10.1. The summed E-state index contributed by atoms with van der Waals surface area (Å²) in [7, 11) is -3.91. The maximum Gasteiger partial charge on any atom is 0.401 e. The molecule has 1 aliphatic heterocycles. The first-order chi connectivity index (χ1) is 18.5. The summed E-state index contributed by atoms with van der Waals surface area (Å²) in [5.74, 6) is -0.410. The number of para-hydroxylation sites is 2. The van der Waals surface area contributed by atoms with Crippen molar-refractivity contribution in [3.05, 3.63) is 76.6 Å². The number of fused-ring (bicyclic) bond motifs is 1. The van der Waals surface area contributed by atoms with Crippen LogP contribution in [-0.4, -0.2) is 64.6 Å². The van der Waals surface area contributed by atoms with E-state index < -0.39 is 33.9 Å². The molecule has 1 fully saturated rings. The number of amides is 1. The van der Waals surface area contributed by atoms with Crippen LogP contribution < -0.4 is 10.0 Å². The zero-order valence-electron chi connectivity index (χ0n) is 20.6. The number of nitrogens with zero attached hydrogens (tertiary/aromatic N) is 4. The van der Waals surface area contributed by atoms with E-state index in [1.165, 1.54) is 23.7 Å². The lowest BCUT2D eigenvalue weighted by Gasteiger charge is -2.38. The van der Waals surface area contributed by atoms with Crippen LogP contribution in [-0.2, 0) is 16.4 Å². The number of likely N-dealkylation sites (tertiary alicyclic amines) is 1. The molecule has 9 nitrogen and oxygen atoms in total. The fraction of sp³-hybridized carbons (Fsp3) is 0.280. The highest BCUT2D eigenvalue weighted by atomic mass is 32.2. The van der Waals surface area contributed by atoms with Crippen LogP contribution >= 0.6 is 11.5 Å². The smallest absolute Gasteiger partial charge is 0.322 e. The molecule has 2 aromatic carbocycles. The number of aryl methyl sites for hydroxylation is 1. The minimum absolute atomic E-state index is 0.189. The molecule has 2 N–H and O–H groups in total. The Morgan fingerprint density at radius 1 is 1.10 bits per heavy atom. The van der Waals surface area contributed by atoms with Gasteiger partial charge in [0.2, 0.25) is 10.0 Å². The third-order valence-corrected chi connectivity index (χ3v) is 8.78. The number of anilines is 2. The van der Waals surface area contributed by atoms with Gasteiger partial charge in [-0.2, -0.15) is 17.5 Å². The first-order valence-electron chi connectivity index (χ1n) is 11.8. The third kappa shape index (κ3) is 6.34. The first-order valence-corrected chi connectivity index (χ1v) is 14.2. The van der Waals surface area contributed by atoms with E-state index in [9.17, 15) is 26.4 Å². The number of aromatic nitrogens is 3. The van der Waals surface area contributed by atoms with Crippen LogP contribution in [0, 0.1) is 6.92 Å². The number of hydrogen-bond donors (Lipinski definition) is 2. The van der Waals surface area contributed by atoms with Gasteiger partial charge in [0, 0.05) is 36.3 Å². The molecule has 1 aliphatic rings. The van der Waals surface area contributed by atoms with Gasteiger partial charge in [-0.25, -0.2) is 13.4 Å². The lowest BCUT2D eigenvalue weighted by molar-refractivity contribution is -0.152. The molecule has 0 radical (unpaired) electrons. The number of hydrogen-bond acceptors (Lipinski definition) is 8. The van der Waals surface area contributed by atoms with Crippen molar-refractivity contribution in [1.29, 1.82) is 0 Å². The van der Waals surface area contributed by atoms with Crippen molar-refractivity contribution in [2.75, 3.05) is 29.7 Å². The SMILES string of the molecule is Cc1nsc(Cc2cnc3ccccc3n2)c1C(=O)Nc1cccc(NS(=O)(=O)C2CN(CC(F)(F)F)C2)c1. The average molecular weight is 577 g/mol. The lowest BCUT2D eigenvalue weighted by Crippen LogP contribution is -2.58. The van der Waals surface area contributed by atoms with Crippen molar-refractivity contribution >= 4 is 49.9 Å². The van der Waals surface area contributed by atoms with Gasteiger partial charge >= 0.3 is 6.18 Å². The van der Waals surface area contributed by atoms with E-state index in [0.717, 1.165) is 15.9 Å². The molecule has 0 unspecified atom stereocenters. The molecule has 3 heterocycles. The van der Waals surface area contributed by atoms with Gasteiger partial charge in [-0.05, 0) is 48.8 Å². The Balaban J connectivity index is 1.26. The van der Waals surface area contributed by atoms with Crippen molar-refractivity contribution in [2.24, 2.45) is 0 Å². The number of carbonyl (C=O) groups excluding carboxylic acids is 1. The highest BCUT2D eigenvalue weighted by Crippen LogP contribution is 2.27.